The number of benzene rings is 2. The van der Waals surface area contributed by atoms with Crippen LogP contribution >= 0.6 is 15.9 Å². The maximum atomic E-state index is 12.1. The molecular weight excluding hydrogens is 330 g/mol. The van der Waals surface area contributed by atoms with Crippen LogP contribution in [-0.4, -0.2) is 12.0 Å². The Morgan fingerprint density at radius 3 is 2.57 bits per heavy atom. The molecule has 0 aliphatic heterocycles. The maximum absolute atomic E-state index is 12.1. The minimum atomic E-state index is -0.133. The van der Waals surface area contributed by atoms with Gasteiger partial charge in [-0.05, 0) is 55.8 Å². The van der Waals surface area contributed by atoms with Crippen LogP contribution in [0, 0.1) is 0 Å². The quantitative estimate of drug-likeness (QED) is 0.836. The number of ether oxygens (including phenoxy) is 1. The van der Waals surface area contributed by atoms with Gasteiger partial charge >= 0.3 is 0 Å². The second-order valence-corrected chi connectivity index (χ2v) is 5.74. The summed E-state index contributed by atoms with van der Waals surface area (Å²) in [6.07, 6.45) is 1.15. The first-order chi connectivity index (χ1) is 10.1. The van der Waals surface area contributed by atoms with Crippen LogP contribution in [0.1, 0.15) is 30.6 Å². The zero-order valence-electron chi connectivity index (χ0n) is 12.1. The molecule has 0 radical (unpaired) electrons. The lowest BCUT2D eigenvalue weighted by Gasteiger charge is -2.13. The predicted octanol–water partition coefficient (Wildman–Crippen LogP) is 4.88. The van der Waals surface area contributed by atoms with E-state index in [-0.39, 0.29) is 12.0 Å². The van der Waals surface area contributed by atoms with Crippen LogP contribution in [-0.2, 0) is 0 Å². The largest absolute Gasteiger partial charge is 0.491 e. The monoisotopic (exact) mass is 347 g/mol. The number of carbonyl (C=O) groups is 1. The molecule has 0 saturated heterocycles. The van der Waals surface area contributed by atoms with E-state index in [9.17, 15) is 4.79 Å². The third kappa shape index (κ3) is 4.60. The molecule has 0 aromatic heterocycles. The van der Waals surface area contributed by atoms with Crippen molar-refractivity contribution < 1.29 is 9.53 Å². The molecule has 2 aromatic rings. The molecule has 0 saturated carbocycles. The fourth-order valence-corrected chi connectivity index (χ4v) is 2.16. The topological polar surface area (TPSA) is 38.3 Å². The van der Waals surface area contributed by atoms with E-state index in [1.807, 2.05) is 43.3 Å². The number of halogens is 1. The van der Waals surface area contributed by atoms with Crippen molar-refractivity contribution in [2.75, 3.05) is 5.32 Å². The van der Waals surface area contributed by atoms with Crippen molar-refractivity contribution in [3.05, 3.63) is 58.6 Å². The smallest absolute Gasteiger partial charge is 0.255 e. The zero-order valence-corrected chi connectivity index (χ0v) is 13.7. The minimum Gasteiger partial charge on any atom is -0.491 e. The van der Waals surface area contributed by atoms with Crippen LogP contribution in [0.3, 0.4) is 0 Å². The second kappa shape index (κ2) is 7.27. The Labute approximate surface area is 133 Å². The van der Waals surface area contributed by atoms with Gasteiger partial charge in [-0.2, -0.15) is 0 Å². The summed E-state index contributed by atoms with van der Waals surface area (Å²) in [5.41, 5.74) is 1.36. The number of amides is 1. The lowest BCUT2D eigenvalue weighted by atomic mass is 10.2. The summed E-state index contributed by atoms with van der Waals surface area (Å²) in [4.78, 5) is 12.1. The third-order valence-electron chi connectivity index (χ3n) is 3.11. The molecule has 0 spiro atoms. The molecule has 1 atom stereocenters. The molecule has 0 aliphatic carbocycles. The van der Waals surface area contributed by atoms with E-state index in [2.05, 4.69) is 28.2 Å². The Morgan fingerprint density at radius 2 is 1.95 bits per heavy atom. The molecule has 2 rings (SSSR count). The highest BCUT2D eigenvalue weighted by molar-refractivity contribution is 9.10. The molecule has 0 aliphatic rings. The van der Waals surface area contributed by atoms with Gasteiger partial charge in [0.05, 0.1) is 6.10 Å². The molecule has 0 bridgehead atoms. The average molecular weight is 348 g/mol. The average Bonchev–Trinajstić information content (AvgIpc) is 2.49. The zero-order chi connectivity index (χ0) is 15.2. The Hall–Kier alpha value is -1.81. The van der Waals surface area contributed by atoms with E-state index >= 15 is 0 Å². The Morgan fingerprint density at radius 1 is 1.24 bits per heavy atom. The number of nitrogens with one attached hydrogen (secondary N) is 1. The number of carbonyl (C=O) groups excluding carboxylic acids is 1. The fourth-order valence-electron chi connectivity index (χ4n) is 1.77. The van der Waals surface area contributed by atoms with E-state index in [0.717, 1.165) is 22.3 Å². The van der Waals surface area contributed by atoms with E-state index < -0.39 is 0 Å². The number of rotatable bonds is 5. The minimum absolute atomic E-state index is 0.133. The van der Waals surface area contributed by atoms with Crippen LogP contribution in [0.4, 0.5) is 5.69 Å². The summed E-state index contributed by atoms with van der Waals surface area (Å²) >= 11 is 3.36. The molecule has 2 aromatic carbocycles. The molecule has 0 heterocycles. The molecule has 1 unspecified atom stereocenters. The van der Waals surface area contributed by atoms with Crippen molar-refractivity contribution in [3.63, 3.8) is 0 Å². The second-order valence-electron chi connectivity index (χ2n) is 4.83. The van der Waals surface area contributed by atoms with Gasteiger partial charge in [0.25, 0.3) is 5.91 Å². The van der Waals surface area contributed by atoms with Gasteiger partial charge in [0, 0.05) is 15.7 Å². The lowest BCUT2D eigenvalue weighted by molar-refractivity contribution is 0.102. The molecule has 1 amide bonds. The van der Waals surface area contributed by atoms with Crippen LogP contribution in [0.5, 0.6) is 5.75 Å². The highest BCUT2D eigenvalue weighted by atomic mass is 79.9. The molecule has 21 heavy (non-hydrogen) atoms. The van der Waals surface area contributed by atoms with Crippen molar-refractivity contribution in [1.29, 1.82) is 0 Å². The maximum Gasteiger partial charge on any atom is 0.255 e. The molecule has 4 heteroatoms. The van der Waals surface area contributed by atoms with Crippen molar-refractivity contribution in [1.82, 2.24) is 0 Å². The van der Waals surface area contributed by atoms with Gasteiger partial charge in [0.15, 0.2) is 0 Å². The number of hydrogen-bond donors (Lipinski definition) is 1. The Kier molecular flexibility index (Phi) is 5.39. The molecule has 1 N–H and O–H groups in total. The molecule has 3 nitrogen and oxygen atoms in total. The van der Waals surface area contributed by atoms with Crippen LogP contribution < -0.4 is 10.1 Å². The Balaban J connectivity index is 2.01. The summed E-state index contributed by atoms with van der Waals surface area (Å²) in [6, 6.07) is 14.7. The summed E-state index contributed by atoms with van der Waals surface area (Å²) in [7, 11) is 0. The standard InChI is InChI=1S/C17H18BrNO2/c1-3-12(2)21-16-9-7-15(8-10-16)19-17(20)13-5-4-6-14(18)11-13/h4-12H,3H2,1-2H3,(H,19,20). The summed E-state index contributed by atoms with van der Waals surface area (Å²) in [5, 5.41) is 2.86. The van der Waals surface area contributed by atoms with Crippen molar-refractivity contribution in [2.24, 2.45) is 0 Å². The Bertz CT molecular complexity index is 610. The molecule has 110 valence electrons. The van der Waals surface area contributed by atoms with Crippen molar-refractivity contribution >= 4 is 27.5 Å². The van der Waals surface area contributed by atoms with Gasteiger partial charge in [0.1, 0.15) is 5.75 Å². The van der Waals surface area contributed by atoms with Gasteiger partial charge in [-0.3, -0.25) is 4.79 Å². The van der Waals surface area contributed by atoms with Crippen LogP contribution in [0.25, 0.3) is 0 Å². The normalized spacial score (nSPS) is 11.8. The van der Waals surface area contributed by atoms with Gasteiger partial charge in [-0.1, -0.05) is 28.9 Å². The van der Waals surface area contributed by atoms with Gasteiger partial charge in [0.2, 0.25) is 0 Å². The first-order valence-corrected chi connectivity index (χ1v) is 7.71. The van der Waals surface area contributed by atoms with E-state index in [0.29, 0.717) is 5.56 Å². The van der Waals surface area contributed by atoms with E-state index in [1.54, 1.807) is 12.1 Å². The van der Waals surface area contributed by atoms with E-state index in [4.69, 9.17) is 4.74 Å². The van der Waals surface area contributed by atoms with Crippen LogP contribution in [0.2, 0.25) is 0 Å². The summed E-state index contributed by atoms with van der Waals surface area (Å²) in [6.45, 7) is 4.11. The van der Waals surface area contributed by atoms with Gasteiger partial charge in [-0.25, -0.2) is 0 Å². The fraction of sp³-hybridized carbons (Fsp3) is 0.235. The van der Waals surface area contributed by atoms with Crippen molar-refractivity contribution in [3.8, 4) is 5.75 Å². The summed E-state index contributed by atoms with van der Waals surface area (Å²) in [5.74, 6) is 0.677. The SMILES string of the molecule is CCC(C)Oc1ccc(NC(=O)c2cccc(Br)c2)cc1. The first-order valence-electron chi connectivity index (χ1n) is 6.92. The molecular formula is C17H18BrNO2. The number of anilines is 1. The lowest BCUT2D eigenvalue weighted by Crippen LogP contribution is -2.12. The van der Waals surface area contributed by atoms with Crippen LogP contribution in [0.15, 0.2) is 53.0 Å². The summed E-state index contributed by atoms with van der Waals surface area (Å²) < 4.78 is 6.59. The third-order valence-corrected chi connectivity index (χ3v) is 3.60. The first kappa shape index (κ1) is 15.6. The highest BCUT2D eigenvalue weighted by Gasteiger charge is 2.07. The van der Waals surface area contributed by atoms with Gasteiger partial charge in [-0.15, -0.1) is 0 Å². The van der Waals surface area contributed by atoms with E-state index in [1.165, 1.54) is 0 Å². The highest BCUT2D eigenvalue weighted by Crippen LogP contribution is 2.19. The molecule has 0 fully saturated rings. The van der Waals surface area contributed by atoms with Crippen molar-refractivity contribution in [2.45, 2.75) is 26.4 Å². The van der Waals surface area contributed by atoms with Gasteiger partial charge < -0.3 is 10.1 Å². The number of hydrogen-bond acceptors (Lipinski definition) is 2. The predicted molar refractivity (Wildman–Crippen MR) is 88.9 cm³/mol.